The standard InChI is InChI=1S/C10H10N2/c1-6(5-11)8-3-2-7-4-9-10(8)12(7)9/h3,7,9-10H,1-2,4H2. The van der Waals surface area contributed by atoms with Gasteiger partial charge in [0, 0.05) is 17.7 Å². The van der Waals surface area contributed by atoms with Gasteiger partial charge in [-0.1, -0.05) is 12.7 Å². The van der Waals surface area contributed by atoms with Gasteiger partial charge in [0.15, 0.2) is 0 Å². The van der Waals surface area contributed by atoms with Crippen LogP contribution in [0.2, 0.25) is 0 Å². The highest BCUT2D eigenvalue weighted by molar-refractivity contribution is 5.51. The molecule has 0 aromatic heterocycles. The Morgan fingerprint density at radius 3 is 3.33 bits per heavy atom. The van der Waals surface area contributed by atoms with Crippen LogP contribution in [0, 0.1) is 11.3 Å². The van der Waals surface area contributed by atoms with E-state index in [1.54, 1.807) is 0 Å². The number of hydrogen-bond acceptors (Lipinski definition) is 2. The lowest BCUT2D eigenvalue weighted by Gasteiger charge is -2.27. The fourth-order valence-corrected chi connectivity index (χ4v) is 2.65. The molecule has 2 nitrogen and oxygen atoms in total. The second-order valence-corrected chi connectivity index (χ2v) is 3.83. The van der Waals surface area contributed by atoms with Crippen molar-refractivity contribution in [1.29, 1.82) is 5.26 Å². The Balaban J connectivity index is 1.93. The van der Waals surface area contributed by atoms with Crippen LogP contribution in [-0.4, -0.2) is 23.0 Å². The second kappa shape index (κ2) is 1.81. The zero-order valence-corrected chi connectivity index (χ0v) is 6.83. The van der Waals surface area contributed by atoms with Crippen LogP contribution in [0.3, 0.4) is 0 Å². The summed E-state index contributed by atoms with van der Waals surface area (Å²) < 4.78 is 0. The van der Waals surface area contributed by atoms with Gasteiger partial charge in [0.25, 0.3) is 0 Å². The van der Waals surface area contributed by atoms with Gasteiger partial charge in [0.05, 0.1) is 12.1 Å². The van der Waals surface area contributed by atoms with E-state index in [1.807, 2.05) is 0 Å². The van der Waals surface area contributed by atoms with Gasteiger partial charge in [-0.2, -0.15) is 5.26 Å². The van der Waals surface area contributed by atoms with Crippen LogP contribution in [0.25, 0.3) is 0 Å². The van der Waals surface area contributed by atoms with Gasteiger partial charge in [0.2, 0.25) is 0 Å². The summed E-state index contributed by atoms with van der Waals surface area (Å²) in [6.45, 7) is 3.77. The number of fused-ring (bicyclic) bond motifs is 1. The van der Waals surface area contributed by atoms with Gasteiger partial charge in [0.1, 0.15) is 0 Å². The topological polar surface area (TPSA) is 26.8 Å². The quantitative estimate of drug-likeness (QED) is 0.424. The molecule has 4 atom stereocenters. The summed E-state index contributed by atoms with van der Waals surface area (Å²) in [6.07, 6.45) is 4.68. The van der Waals surface area contributed by atoms with E-state index in [1.165, 1.54) is 12.0 Å². The third kappa shape index (κ3) is 0.551. The fraction of sp³-hybridized carbons (Fsp3) is 0.500. The zero-order chi connectivity index (χ0) is 8.29. The number of hydrogen-bond donors (Lipinski definition) is 0. The van der Waals surface area contributed by atoms with E-state index < -0.39 is 0 Å². The summed E-state index contributed by atoms with van der Waals surface area (Å²) in [5, 5.41) is 8.71. The molecule has 2 fully saturated rings. The van der Waals surface area contributed by atoms with Crippen LogP contribution < -0.4 is 0 Å². The summed E-state index contributed by atoms with van der Waals surface area (Å²) in [5.41, 5.74) is 1.88. The number of rotatable bonds is 1. The lowest BCUT2D eigenvalue weighted by Crippen LogP contribution is -2.32. The predicted molar refractivity (Wildman–Crippen MR) is 45.3 cm³/mol. The van der Waals surface area contributed by atoms with Gasteiger partial charge in [-0.15, -0.1) is 0 Å². The summed E-state index contributed by atoms with van der Waals surface area (Å²) in [5.74, 6) is 0. The molecule has 0 spiro atoms. The van der Waals surface area contributed by atoms with Gasteiger partial charge >= 0.3 is 0 Å². The van der Waals surface area contributed by atoms with E-state index in [-0.39, 0.29) is 0 Å². The Hall–Kier alpha value is -1.07. The lowest BCUT2D eigenvalue weighted by atomic mass is 10.0. The molecule has 60 valence electrons. The highest BCUT2D eigenvalue weighted by Crippen LogP contribution is 2.54. The first-order valence-electron chi connectivity index (χ1n) is 4.40. The highest BCUT2D eigenvalue weighted by Gasteiger charge is 2.63. The molecule has 0 aliphatic carbocycles. The third-order valence-electron chi connectivity index (χ3n) is 3.33. The molecule has 0 N–H and O–H groups in total. The minimum atomic E-state index is 0.580. The summed E-state index contributed by atoms with van der Waals surface area (Å²) >= 11 is 0. The molecular formula is C10H10N2. The van der Waals surface area contributed by atoms with Gasteiger partial charge in [-0.05, 0) is 18.4 Å². The van der Waals surface area contributed by atoms with Crippen LogP contribution in [0.15, 0.2) is 23.8 Å². The van der Waals surface area contributed by atoms with E-state index in [0.717, 1.165) is 18.5 Å². The monoisotopic (exact) mass is 158 g/mol. The van der Waals surface area contributed by atoms with Crippen molar-refractivity contribution in [3.05, 3.63) is 23.8 Å². The number of nitrogens with zero attached hydrogens (tertiary/aromatic N) is 2. The Kier molecular flexibility index (Phi) is 0.971. The average molecular weight is 158 g/mol. The number of nitriles is 1. The Morgan fingerprint density at radius 1 is 1.75 bits per heavy atom. The lowest BCUT2D eigenvalue weighted by molar-refractivity contribution is 0.242. The molecule has 3 heterocycles. The molecule has 2 heteroatoms. The van der Waals surface area contributed by atoms with Gasteiger partial charge < -0.3 is 0 Å². The third-order valence-corrected chi connectivity index (χ3v) is 3.33. The highest BCUT2D eigenvalue weighted by atomic mass is 15.4. The van der Waals surface area contributed by atoms with Crippen molar-refractivity contribution in [3.63, 3.8) is 0 Å². The Labute approximate surface area is 71.8 Å². The maximum absolute atomic E-state index is 8.71. The van der Waals surface area contributed by atoms with E-state index in [2.05, 4.69) is 23.6 Å². The molecule has 12 heavy (non-hydrogen) atoms. The van der Waals surface area contributed by atoms with Crippen LogP contribution in [-0.2, 0) is 0 Å². The van der Waals surface area contributed by atoms with E-state index in [4.69, 9.17) is 5.26 Å². The van der Waals surface area contributed by atoms with E-state index in [0.29, 0.717) is 11.6 Å². The van der Waals surface area contributed by atoms with Crippen molar-refractivity contribution in [3.8, 4) is 6.07 Å². The summed E-state index contributed by atoms with van der Waals surface area (Å²) in [4.78, 5) is 2.50. The van der Waals surface area contributed by atoms with Gasteiger partial charge in [-0.25, -0.2) is 0 Å². The SMILES string of the molecule is C=C(C#N)C1=CCC2CC3C1N23. The first kappa shape index (κ1) is 6.45. The minimum absolute atomic E-state index is 0.580. The van der Waals surface area contributed by atoms with Crippen molar-refractivity contribution in [2.45, 2.75) is 31.0 Å². The molecule has 2 saturated heterocycles. The molecule has 4 unspecified atom stereocenters. The Bertz CT molecular complexity index is 334. The van der Waals surface area contributed by atoms with Crippen LogP contribution in [0.4, 0.5) is 0 Å². The maximum Gasteiger partial charge on any atom is 0.0988 e. The molecule has 0 bridgehead atoms. The van der Waals surface area contributed by atoms with Crippen molar-refractivity contribution < 1.29 is 0 Å². The molecule has 0 saturated carbocycles. The van der Waals surface area contributed by atoms with Crippen molar-refractivity contribution in [2.24, 2.45) is 0 Å². The summed E-state index contributed by atoms with van der Waals surface area (Å²) in [6, 6.07) is 4.29. The Morgan fingerprint density at radius 2 is 2.58 bits per heavy atom. The average Bonchev–Trinajstić information content (AvgIpc) is 2.70. The fourth-order valence-electron chi connectivity index (χ4n) is 2.65. The predicted octanol–water partition coefficient (Wildman–Crippen LogP) is 1.22. The van der Waals surface area contributed by atoms with Crippen molar-refractivity contribution >= 4 is 0 Å². The zero-order valence-electron chi connectivity index (χ0n) is 6.83. The summed E-state index contributed by atoms with van der Waals surface area (Å²) in [7, 11) is 0. The molecule has 3 aliphatic rings. The molecule has 3 rings (SSSR count). The maximum atomic E-state index is 8.71. The second-order valence-electron chi connectivity index (χ2n) is 3.83. The minimum Gasteiger partial charge on any atom is -0.286 e. The van der Waals surface area contributed by atoms with E-state index >= 15 is 0 Å². The van der Waals surface area contributed by atoms with Crippen LogP contribution in [0.5, 0.6) is 0 Å². The van der Waals surface area contributed by atoms with Crippen LogP contribution >= 0.6 is 0 Å². The normalized spacial score (nSPS) is 46.4. The van der Waals surface area contributed by atoms with Crippen molar-refractivity contribution in [2.75, 3.05) is 0 Å². The van der Waals surface area contributed by atoms with Gasteiger partial charge in [-0.3, -0.25) is 4.90 Å². The first-order valence-corrected chi connectivity index (χ1v) is 4.40. The van der Waals surface area contributed by atoms with Crippen LogP contribution in [0.1, 0.15) is 12.8 Å². The van der Waals surface area contributed by atoms with E-state index in [9.17, 15) is 0 Å². The molecule has 0 radical (unpaired) electrons. The molecule has 3 aliphatic heterocycles. The van der Waals surface area contributed by atoms with Crippen molar-refractivity contribution in [1.82, 2.24) is 4.90 Å². The molecule has 0 aromatic rings. The molecule has 0 aromatic carbocycles. The first-order chi connectivity index (χ1) is 5.83. The smallest absolute Gasteiger partial charge is 0.0988 e. The molecular weight excluding hydrogens is 148 g/mol. The largest absolute Gasteiger partial charge is 0.286 e. The molecule has 0 amide bonds.